The first-order valence-corrected chi connectivity index (χ1v) is 7.60. The average Bonchev–Trinajstić information content (AvgIpc) is 2.81. The van der Waals surface area contributed by atoms with Gasteiger partial charge in [0.05, 0.1) is 17.5 Å². The number of nitrogens with zero attached hydrogens (tertiary/aromatic N) is 3. The molecule has 1 N–H and O–H groups in total. The third-order valence-corrected chi connectivity index (χ3v) is 4.04. The van der Waals surface area contributed by atoms with E-state index in [-0.39, 0.29) is 17.9 Å². The van der Waals surface area contributed by atoms with Crippen LogP contribution in [-0.4, -0.2) is 46.8 Å². The molecule has 116 valence electrons. The van der Waals surface area contributed by atoms with Gasteiger partial charge in [0.2, 0.25) is 5.91 Å². The van der Waals surface area contributed by atoms with Gasteiger partial charge in [-0.3, -0.25) is 9.59 Å². The van der Waals surface area contributed by atoms with Crippen molar-refractivity contribution in [3.05, 3.63) is 40.3 Å². The molecule has 0 unspecified atom stereocenters. The van der Waals surface area contributed by atoms with E-state index in [2.05, 4.69) is 10.4 Å². The Morgan fingerprint density at radius 3 is 2.82 bits per heavy atom. The molecule has 22 heavy (non-hydrogen) atoms. The topological polar surface area (TPSA) is 67.2 Å². The van der Waals surface area contributed by atoms with Crippen LogP contribution in [-0.2, 0) is 18.3 Å². The van der Waals surface area contributed by atoms with Gasteiger partial charge in [0.25, 0.3) is 5.56 Å². The van der Waals surface area contributed by atoms with Gasteiger partial charge in [0.1, 0.15) is 0 Å². The van der Waals surface area contributed by atoms with E-state index in [9.17, 15) is 9.59 Å². The smallest absolute Gasteiger partial charge is 0.274 e. The zero-order valence-electron chi connectivity index (χ0n) is 12.7. The Bertz CT molecular complexity index is 745. The SMILES string of the molecule is Cn1nc(CC(=O)N2CCCNCC2)c2ccccc2c1=O. The summed E-state index contributed by atoms with van der Waals surface area (Å²) in [6.45, 7) is 3.27. The second-order valence-electron chi connectivity index (χ2n) is 5.58. The quantitative estimate of drug-likeness (QED) is 0.866. The molecule has 0 aliphatic carbocycles. The van der Waals surface area contributed by atoms with Crippen molar-refractivity contribution in [3.63, 3.8) is 0 Å². The van der Waals surface area contributed by atoms with E-state index in [0.717, 1.165) is 38.0 Å². The van der Waals surface area contributed by atoms with Crippen molar-refractivity contribution < 1.29 is 4.79 Å². The van der Waals surface area contributed by atoms with Gasteiger partial charge in [-0.25, -0.2) is 4.68 Å². The highest BCUT2D eigenvalue weighted by molar-refractivity contribution is 5.88. The molecule has 0 bridgehead atoms. The van der Waals surface area contributed by atoms with Gasteiger partial charge < -0.3 is 10.2 Å². The molecule has 1 aromatic heterocycles. The first-order chi connectivity index (χ1) is 10.7. The minimum Gasteiger partial charge on any atom is -0.341 e. The van der Waals surface area contributed by atoms with Gasteiger partial charge in [-0.15, -0.1) is 0 Å². The van der Waals surface area contributed by atoms with Crippen molar-refractivity contribution in [1.82, 2.24) is 20.0 Å². The standard InChI is InChI=1S/C16H20N4O2/c1-19-16(22)13-6-3-2-5-12(13)14(18-19)11-15(21)20-9-4-7-17-8-10-20/h2-3,5-6,17H,4,7-11H2,1H3. The second-order valence-corrected chi connectivity index (χ2v) is 5.58. The van der Waals surface area contributed by atoms with Crippen LogP contribution in [0.5, 0.6) is 0 Å². The maximum absolute atomic E-state index is 12.5. The van der Waals surface area contributed by atoms with Gasteiger partial charge >= 0.3 is 0 Å². The van der Waals surface area contributed by atoms with Crippen LogP contribution < -0.4 is 10.9 Å². The fourth-order valence-electron chi connectivity index (χ4n) is 2.86. The van der Waals surface area contributed by atoms with Gasteiger partial charge in [-0.2, -0.15) is 5.10 Å². The monoisotopic (exact) mass is 300 g/mol. The summed E-state index contributed by atoms with van der Waals surface area (Å²) in [4.78, 5) is 26.5. The van der Waals surface area contributed by atoms with Gasteiger partial charge in [0, 0.05) is 32.1 Å². The summed E-state index contributed by atoms with van der Waals surface area (Å²) in [7, 11) is 1.62. The number of fused-ring (bicyclic) bond motifs is 1. The molecular formula is C16H20N4O2. The lowest BCUT2D eigenvalue weighted by Crippen LogP contribution is -2.36. The zero-order valence-corrected chi connectivity index (χ0v) is 12.7. The summed E-state index contributed by atoms with van der Waals surface area (Å²) >= 11 is 0. The first-order valence-electron chi connectivity index (χ1n) is 7.60. The zero-order chi connectivity index (χ0) is 15.5. The third kappa shape index (κ3) is 2.87. The van der Waals surface area contributed by atoms with Crippen molar-refractivity contribution >= 4 is 16.7 Å². The summed E-state index contributed by atoms with van der Waals surface area (Å²) in [6, 6.07) is 7.34. The molecule has 0 atom stereocenters. The van der Waals surface area contributed by atoms with Crippen LogP contribution in [0.1, 0.15) is 12.1 Å². The lowest BCUT2D eigenvalue weighted by atomic mass is 10.1. The Morgan fingerprint density at radius 2 is 2.00 bits per heavy atom. The number of benzene rings is 1. The average molecular weight is 300 g/mol. The fourth-order valence-corrected chi connectivity index (χ4v) is 2.86. The van der Waals surface area contributed by atoms with Crippen molar-refractivity contribution in [2.75, 3.05) is 26.2 Å². The molecule has 2 heterocycles. The van der Waals surface area contributed by atoms with Gasteiger partial charge in [-0.1, -0.05) is 18.2 Å². The van der Waals surface area contributed by atoms with E-state index < -0.39 is 0 Å². The normalized spacial score (nSPS) is 15.8. The number of aryl methyl sites for hydroxylation is 1. The van der Waals surface area contributed by atoms with Crippen molar-refractivity contribution in [1.29, 1.82) is 0 Å². The van der Waals surface area contributed by atoms with E-state index in [0.29, 0.717) is 11.1 Å². The highest BCUT2D eigenvalue weighted by Crippen LogP contribution is 2.14. The second kappa shape index (κ2) is 6.27. The van der Waals surface area contributed by atoms with Crippen LogP contribution in [0.4, 0.5) is 0 Å². The Hall–Kier alpha value is -2.21. The van der Waals surface area contributed by atoms with E-state index in [1.54, 1.807) is 13.1 Å². The number of aromatic nitrogens is 2. The van der Waals surface area contributed by atoms with Gasteiger partial charge in [-0.05, 0) is 19.0 Å². The van der Waals surface area contributed by atoms with E-state index in [1.165, 1.54) is 4.68 Å². The molecule has 1 aliphatic rings. The highest BCUT2D eigenvalue weighted by Gasteiger charge is 2.18. The summed E-state index contributed by atoms with van der Waals surface area (Å²) in [6.07, 6.45) is 1.20. The molecule has 1 saturated heterocycles. The Balaban J connectivity index is 1.92. The summed E-state index contributed by atoms with van der Waals surface area (Å²) in [5.74, 6) is 0.0694. The number of rotatable bonds is 2. The van der Waals surface area contributed by atoms with Crippen LogP contribution in [0.25, 0.3) is 10.8 Å². The minimum absolute atomic E-state index is 0.0694. The molecule has 6 nitrogen and oxygen atoms in total. The van der Waals surface area contributed by atoms with Crippen LogP contribution in [0, 0.1) is 0 Å². The summed E-state index contributed by atoms with van der Waals surface area (Å²) in [5.41, 5.74) is 0.533. The third-order valence-electron chi connectivity index (χ3n) is 4.04. The fraction of sp³-hybridized carbons (Fsp3) is 0.438. The molecule has 1 amide bonds. The van der Waals surface area contributed by atoms with E-state index in [4.69, 9.17) is 0 Å². The lowest BCUT2D eigenvalue weighted by molar-refractivity contribution is -0.130. The molecular weight excluding hydrogens is 280 g/mol. The Kier molecular flexibility index (Phi) is 4.20. The minimum atomic E-state index is -0.134. The molecule has 1 aromatic carbocycles. The number of hydrogen-bond acceptors (Lipinski definition) is 4. The summed E-state index contributed by atoms with van der Waals surface area (Å²) < 4.78 is 1.31. The molecule has 0 radical (unpaired) electrons. The Labute approximate surface area is 128 Å². The molecule has 0 saturated carbocycles. The molecule has 1 fully saturated rings. The maximum Gasteiger partial charge on any atom is 0.274 e. The summed E-state index contributed by atoms with van der Waals surface area (Å²) in [5, 5.41) is 8.97. The molecule has 1 aliphatic heterocycles. The van der Waals surface area contributed by atoms with Crippen LogP contribution >= 0.6 is 0 Å². The molecule has 2 aromatic rings. The van der Waals surface area contributed by atoms with Crippen molar-refractivity contribution in [3.8, 4) is 0 Å². The number of carbonyl (C=O) groups is 1. The van der Waals surface area contributed by atoms with Crippen molar-refractivity contribution in [2.45, 2.75) is 12.8 Å². The Morgan fingerprint density at radius 1 is 1.23 bits per heavy atom. The van der Waals surface area contributed by atoms with Crippen molar-refractivity contribution in [2.24, 2.45) is 7.05 Å². The molecule has 6 heteroatoms. The predicted molar refractivity (Wildman–Crippen MR) is 84.8 cm³/mol. The number of hydrogen-bond donors (Lipinski definition) is 1. The lowest BCUT2D eigenvalue weighted by Gasteiger charge is -2.20. The van der Waals surface area contributed by atoms with Crippen LogP contribution in [0.15, 0.2) is 29.1 Å². The predicted octanol–water partition coefficient (Wildman–Crippen LogP) is 0.298. The van der Waals surface area contributed by atoms with Crippen LogP contribution in [0.2, 0.25) is 0 Å². The number of nitrogens with one attached hydrogen (secondary N) is 1. The number of carbonyl (C=O) groups excluding carboxylic acids is 1. The van der Waals surface area contributed by atoms with Crippen LogP contribution in [0.3, 0.4) is 0 Å². The van der Waals surface area contributed by atoms with E-state index in [1.807, 2.05) is 23.1 Å². The van der Waals surface area contributed by atoms with Gasteiger partial charge in [0.15, 0.2) is 0 Å². The first kappa shape index (κ1) is 14.7. The highest BCUT2D eigenvalue weighted by atomic mass is 16.2. The molecule has 3 rings (SSSR count). The largest absolute Gasteiger partial charge is 0.341 e. The number of amides is 1. The maximum atomic E-state index is 12.5. The van der Waals surface area contributed by atoms with E-state index >= 15 is 0 Å². The molecule has 0 spiro atoms.